The summed E-state index contributed by atoms with van der Waals surface area (Å²) in [7, 11) is 2.05. The molecule has 162 valence electrons. The highest BCUT2D eigenvalue weighted by Crippen LogP contribution is 2.16. The van der Waals surface area contributed by atoms with Gasteiger partial charge in [0.2, 0.25) is 5.91 Å². The maximum atomic E-state index is 12.5. The first-order valence-electron chi connectivity index (χ1n) is 10.7. The molecule has 2 heterocycles. The SMILES string of the molecule is CN1CCN(C(=O)c2cn(CCCNC(=O)Cc3ccc4ccccc4c3)nn2)CC1. The van der Waals surface area contributed by atoms with E-state index in [1.54, 1.807) is 10.9 Å². The Morgan fingerprint density at radius 1 is 1.03 bits per heavy atom. The van der Waals surface area contributed by atoms with Crippen molar-refractivity contribution in [3.05, 3.63) is 59.9 Å². The molecule has 3 aromatic rings. The molecule has 1 N–H and O–H groups in total. The number of carbonyl (C=O) groups excluding carboxylic acids is 2. The molecule has 0 spiro atoms. The van der Waals surface area contributed by atoms with Gasteiger partial charge in [-0.25, -0.2) is 0 Å². The number of benzene rings is 2. The van der Waals surface area contributed by atoms with Crippen molar-refractivity contribution in [3.8, 4) is 0 Å². The van der Waals surface area contributed by atoms with E-state index in [0.29, 0.717) is 38.3 Å². The fourth-order valence-electron chi connectivity index (χ4n) is 3.74. The molecule has 8 heteroatoms. The maximum Gasteiger partial charge on any atom is 0.276 e. The van der Waals surface area contributed by atoms with Crippen LogP contribution < -0.4 is 5.32 Å². The molecule has 0 bridgehead atoms. The van der Waals surface area contributed by atoms with Crippen molar-refractivity contribution in [1.82, 2.24) is 30.1 Å². The number of piperazine rings is 1. The number of likely N-dealkylation sites (N-methyl/N-ethyl adjacent to an activating group) is 1. The van der Waals surface area contributed by atoms with Crippen LogP contribution in [-0.2, 0) is 17.8 Å². The van der Waals surface area contributed by atoms with E-state index in [1.165, 1.54) is 5.39 Å². The Morgan fingerprint density at radius 2 is 1.81 bits per heavy atom. The Labute approximate surface area is 181 Å². The van der Waals surface area contributed by atoms with Crippen LogP contribution in [0.2, 0.25) is 0 Å². The summed E-state index contributed by atoms with van der Waals surface area (Å²) in [5, 5.41) is 13.3. The lowest BCUT2D eigenvalue weighted by Gasteiger charge is -2.31. The second-order valence-electron chi connectivity index (χ2n) is 8.02. The third-order valence-corrected chi connectivity index (χ3v) is 5.61. The van der Waals surface area contributed by atoms with Gasteiger partial charge in [-0.3, -0.25) is 14.3 Å². The highest BCUT2D eigenvalue weighted by molar-refractivity contribution is 5.92. The van der Waals surface area contributed by atoms with Crippen LogP contribution in [0.15, 0.2) is 48.7 Å². The molecule has 0 atom stereocenters. The second-order valence-corrected chi connectivity index (χ2v) is 8.02. The second kappa shape index (κ2) is 9.70. The van der Waals surface area contributed by atoms with Crippen LogP contribution >= 0.6 is 0 Å². The van der Waals surface area contributed by atoms with Gasteiger partial charge in [0.05, 0.1) is 12.6 Å². The van der Waals surface area contributed by atoms with Crippen molar-refractivity contribution in [3.63, 3.8) is 0 Å². The molecule has 0 aliphatic carbocycles. The van der Waals surface area contributed by atoms with E-state index in [4.69, 9.17) is 0 Å². The lowest BCUT2D eigenvalue weighted by molar-refractivity contribution is -0.120. The van der Waals surface area contributed by atoms with Crippen LogP contribution in [0.25, 0.3) is 10.8 Å². The average molecular weight is 421 g/mol. The average Bonchev–Trinajstić information content (AvgIpc) is 3.26. The minimum absolute atomic E-state index is 0.000181. The molecule has 1 saturated heterocycles. The minimum Gasteiger partial charge on any atom is -0.356 e. The molecule has 1 aliphatic heterocycles. The van der Waals surface area contributed by atoms with Crippen molar-refractivity contribution >= 4 is 22.6 Å². The largest absolute Gasteiger partial charge is 0.356 e. The quantitative estimate of drug-likeness (QED) is 0.587. The van der Waals surface area contributed by atoms with Crippen LogP contribution in [0.3, 0.4) is 0 Å². The number of fused-ring (bicyclic) bond motifs is 1. The van der Waals surface area contributed by atoms with Crippen LogP contribution in [-0.4, -0.2) is 76.4 Å². The fourth-order valence-corrected chi connectivity index (χ4v) is 3.74. The first-order chi connectivity index (χ1) is 15.1. The van der Waals surface area contributed by atoms with Crippen molar-refractivity contribution in [2.75, 3.05) is 39.8 Å². The lowest BCUT2D eigenvalue weighted by Crippen LogP contribution is -2.47. The summed E-state index contributed by atoms with van der Waals surface area (Å²) >= 11 is 0. The number of rotatable bonds is 7. The molecular formula is C23H28N6O2. The predicted molar refractivity (Wildman–Crippen MR) is 119 cm³/mol. The molecule has 2 amide bonds. The minimum atomic E-state index is -0.0666. The molecular weight excluding hydrogens is 392 g/mol. The first kappa shape index (κ1) is 21.0. The van der Waals surface area contributed by atoms with Gasteiger partial charge in [0.25, 0.3) is 5.91 Å². The van der Waals surface area contributed by atoms with Crippen LogP contribution in [0, 0.1) is 0 Å². The van der Waals surface area contributed by atoms with Crippen molar-refractivity contribution < 1.29 is 9.59 Å². The molecule has 1 fully saturated rings. The third-order valence-electron chi connectivity index (χ3n) is 5.61. The molecule has 0 unspecified atom stereocenters. The van der Waals surface area contributed by atoms with Crippen LogP contribution in [0.1, 0.15) is 22.5 Å². The summed E-state index contributed by atoms with van der Waals surface area (Å²) in [6, 6.07) is 14.2. The number of aromatic nitrogens is 3. The van der Waals surface area contributed by atoms with Gasteiger partial charge in [-0.05, 0) is 29.8 Å². The Balaban J connectivity index is 1.20. The molecule has 1 aliphatic rings. The lowest BCUT2D eigenvalue weighted by atomic mass is 10.0. The number of amides is 2. The fraction of sp³-hybridized carbons (Fsp3) is 0.391. The maximum absolute atomic E-state index is 12.5. The predicted octanol–water partition coefficient (Wildman–Crippen LogP) is 1.57. The molecule has 1 aromatic heterocycles. The van der Waals surface area contributed by atoms with E-state index >= 15 is 0 Å². The van der Waals surface area contributed by atoms with Gasteiger partial charge in [0, 0.05) is 39.3 Å². The summed E-state index contributed by atoms with van der Waals surface area (Å²) in [6.45, 7) is 4.32. The van der Waals surface area contributed by atoms with E-state index in [2.05, 4.69) is 45.8 Å². The Bertz CT molecular complexity index is 1050. The highest BCUT2D eigenvalue weighted by atomic mass is 16.2. The highest BCUT2D eigenvalue weighted by Gasteiger charge is 2.22. The number of carbonyl (C=O) groups is 2. The molecule has 31 heavy (non-hydrogen) atoms. The van der Waals surface area contributed by atoms with Crippen molar-refractivity contribution in [2.45, 2.75) is 19.4 Å². The zero-order chi connectivity index (χ0) is 21.6. The summed E-state index contributed by atoms with van der Waals surface area (Å²) in [6.07, 6.45) is 2.77. The summed E-state index contributed by atoms with van der Waals surface area (Å²) in [4.78, 5) is 28.8. The van der Waals surface area contributed by atoms with E-state index in [9.17, 15) is 9.59 Å². The summed E-state index contributed by atoms with van der Waals surface area (Å²) < 4.78 is 1.67. The van der Waals surface area contributed by atoms with Crippen LogP contribution in [0.5, 0.6) is 0 Å². The van der Waals surface area contributed by atoms with Crippen molar-refractivity contribution in [2.24, 2.45) is 0 Å². The van der Waals surface area contributed by atoms with E-state index in [-0.39, 0.29) is 11.8 Å². The van der Waals surface area contributed by atoms with Gasteiger partial charge >= 0.3 is 0 Å². The molecule has 8 nitrogen and oxygen atoms in total. The number of hydrogen-bond donors (Lipinski definition) is 1. The Hall–Kier alpha value is -3.26. The first-order valence-corrected chi connectivity index (χ1v) is 10.7. The van der Waals surface area contributed by atoms with E-state index in [1.807, 2.05) is 29.2 Å². The van der Waals surface area contributed by atoms with Gasteiger partial charge in [0.15, 0.2) is 5.69 Å². The monoisotopic (exact) mass is 420 g/mol. The molecule has 0 radical (unpaired) electrons. The van der Waals surface area contributed by atoms with Gasteiger partial charge in [-0.15, -0.1) is 5.10 Å². The standard InChI is InChI=1S/C23H28N6O2/c1-27-11-13-28(14-12-27)23(31)21-17-29(26-25-21)10-4-9-24-22(30)16-18-7-8-19-5-2-3-6-20(19)15-18/h2-3,5-8,15,17H,4,9-14,16H2,1H3,(H,24,30). The summed E-state index contributed by atoms with van der Waals surface area (Å²) in [5.74, 6) is -0.0668. The zero-order valence-corrected chi connectivity index (χ0v) is 17.8. The number of nitrogens with one attached hydrogen (secondary N) is 1. The molecule has 0 saturated carbocycles. The number of nitrogens with zero attached hydrogens (tertiary/aromatic N) is 5. The molecule has 2 aromatic carbocycles. The van der Waals surface area contributed by atoms with Crippen molar-refractivity contribution in [1.29, 1.82) is 0 Å². The number of aryl methyl sites for hydroxylation is 1. The molecule has 4 rings (SSSR count). The van der Waals surface area contributed by atoms with Gasteiger partial charge < -0.3 is 15.1 Å². The van der Waals surface area contributed by atoms with Gasteiger partial charge in [0.1, 0.15) is 0 Å². The van der Waals surface area contributed by atoms with Gasteiger partial charge in [-0.2, -0.15) is 0 Å². The van der Waals surface area contributed by atoms with E-state index in [0.717, 1.165) is 30.5 Å². The Kier molecular flexibility index (Phi) is 6.57. The normalized spacial score (nSPS) is 14.7. The topological polar surface area (TPSA) is 83.4 Å². The van der Waals surface area contributed by atoms with Gasteiger partial charge in [-0.1, -0.05) is 47.7 Å². The summed E-state index contributed by atoms with van der Waals surface area (Å²) in [5.41, 5.74) is 1.38. The zero-order valence-electron chi connectivity index (χ0n) is 17.8. The number of hydrogen-bond acceptors (Lipinski definition) is 5. The Morgan fingerprint density at radius 3 is 2.61 bits per heavy atom. The van der Waals surface area contributed by atoms with E-state index < -0.39 is 0 Å². The third kappa shape index (κ3) is 5.46. The smallest absolute Gasteiger partial charge is 0.276 e. The van der Waals surface area contributed by atoms with Crippen LogP contribution in [0.4, 0.5) is 0 Å².